The second-order valence-electron chi connectivity index (χ2n) is 11.1. The van der Waals surface area contributed by atoms with E-state index < -0.39 is 113 Å². The van der Waals surface area contributed by atoms with Gasteiger partial charge in [0.15, 0.2) is 35.6 Å². The molecule has 0 aromatic heterocycles. The Labute approximate surface area is 273 Å². The highest BCUT2D eigenvalue weighted by Crippen LogP contribution is 2.57. The van der Waals surface area contributed by atoms with E-state index in [0.717, 1.165) is 12.1 Å². The molecule has 0 radical (unpaired) electrons. The molecule has 4 N–H and O–H groups in total. The fourth-order valence-corrected chi connectivity index (χ4v) is 6.94. The average molecular weight is 677 g/mol. The largest absolute Gasteiger partial charge is 0.525 e. The summed E-state index contributed by atoms with van der Waals surface area (Å²) in [6, 6.07) is 4.66. The molecule has 3 saturated heterocycles. The molecule has 4 heterocycles. The quantitative estimate of drug-likeness (QED) is 0.239. The maximum Gasteiger partial charge on any atom is 0.525 e. The van der Waals surface area contributed by atoms with Crippen molar-refractivity contribution < 1.29 is 87.5 Å². The Morgan fingerprint density at radius 3 is 2.35 bits per heavy atom. The van der Waals surface area contributed by atoms with Crippen molar-refractivity contribution in [1.29, 1.82) is 0 Å². The zero-order chi connectivity index (χ0) is 39.3. The number of cyclic esters (lactones) is 1. The predicted molar refractivity (Wildman–Crippen MR) is 149 cm³/mol. The fourth-order valence-electron chi connectivity index (χ4n) is 6.52. The second kappa shape index (κ2) is 11.8. The van der Waals surface area contributed by atoms with Crippen molar-refractivity contribution in [1.82, 2.24) is 0 Å². The highest BCUT2D eigenvalue weighted by atomic mass is 31.2. The smallest absolute Gasteiger partial charge is 0.493 e. The maximum absolute atomic E-state index is 13.8. The van der Waals surface area contributed by atoms with Gasteiger partial charge in [0.05, 0.1) is 50.2 Å². The van der Waals surface area contributed by atoms with Gasteiger partial charge in [-0.25, -0.2) is 4.57 Å². The van der Waals surface area contributed by atoms with Gasteiger partial charge in [-0.2, -0.15) is 0 Å². The third-order valence-corrected chi connectivity index (χ3v) is 8.88. The van der Waals surface area contributed by atoms with E-state index in [2.05, 4.69) is 4.52 Å². The minimum absolute atomic E-state index is 0.0605. The van der Waals surface area contributed by atoms with Gasteiger partial charge in [-0.15, -0.1) is 0 Å². The van der Waals surface area contributed by atoms with Crippen LogP contribution in [0.5, 0.6) is 28.7 Å². The SMILES string of the molecule is [2H]C([2H])([2H])Oc1cc([C@@H]2c3cc4c(cc3[C@@H](O[C@@H]3O[C@@H]5CO[C@@H](C)O[C@H]5[C@H](O)[C@H]3O)[C@@H]3[C@@H]2C(=O)OC3([2H])[2H])OCO4)cc(OC([2H])([2H])[2H])c1OP(=O)(O)O. The van der Waals surface area contributed by atoms with Crippen LogP contribution in [0.25, 0.3) is 0 Å². The summed E-state index contributed by atoms with van der Waals surface area (Å²) in [6.07, 6.45) is -9.14. The topological polar surface area (TPSA) is 207 Å². The minimum Gasteiger partial charge on any atom is -0.493 e. The van der Waals surface area contributed by atoms with Crippen LogP contribution < -0.4 is 23.5 Å². The number of rotatable bonds is 7. The number of methoxy groups -OCH3 is 2. The Hall–Kier alpha value is -3.18. The van der Waals surface area contributed by atoms with E-state index in [1.807, 2.05) is 0 Å². The molecular formula is C29H33O16P. The molecule has 2 aromatic carbocycles. The van der Waals surface area contributed by atoms with Crippen LogP contribution in [0, 0.1) is 11.8 Å². The van der Waals surface area contributed by atoms with Crippen LogP contribution in [0.15, 0.2) is 24.3 Å². The first-order valence-corrected chi connectivity index (χ1v) is 15.4. The summed E-state index contributed by atoms with van der Waals surface area (Å²) in [5.41, 5.74) is 0.0509. The van der Waals surface area contributed by atoms with E-state index in [1.54, 1.807) is 6.92 Å². The van der Waals surface area contributed by atoms with Gasteiger partial charge in [0.2, 0.25) is 12.5 Å². The van der Waals surface area contributed by atoms with Crippen molar-refractivity contribution >= 4 is 13.8 Å². The number of aliphatic hydroxyl groups is 2. The number of carbonyl (C=O) groups is 1. The number of hydrogen-bond donors (Lipinski definition) is 4. The first kappa shape index (κ1) is 23.2. The van der Waals surface area contributed by atoms with Crippen LogP contribution in [-0.2, 0) is 33.0 Å². The van der Waals surface area contributed by atoms with Crippen molar-refractivity contribution in [2.45, 2.75) is 55.9 Å². The lowest BCUT2D eigenvalue weighted by Crippen LogP contribution is -2.63. The summed E-state index contributed by atoms with van der Waals surface area (Å²) in [4.78, 5) is 33.1. The molecule has 250 valence electrons. The van der Waals surface area contributed by atoms with Crippen molar-refractivity contribution in [2.24, 2.45) is 11.8 Å². The number of aliphatic hydroxyl groups excluding tert-OH is 2. The Morgan fingerprint density at radius 1 is 0.978 bits per heavy atom. The first-order valence-electron chi connectivity index (χ1n) is 17.9. The van der Waals surface area contributed by atoms with Crippen molar-refractivity contribution in [2.75, 3.05) is 34.0 Å². The van der Waals surface area contributed by atoms with Crippen LogP contribution in [0.4, 0.5) is 0 Å². The molecule has 3 fully saturated rings. The number of esters is 1. The molecule has 0 spiro atoms. The second-order valence-corrected chi connectivity index (χ2v) is 12.3. The molecule has 1 aliphatic carbocycles. The first-order chi connectivity index (χ1) is 25.0. The number of carbonyl (C=O) groups excluding carboxylic acids is 1. The summed E-state index contributed by atoms with van der Waals surface area (Å²) < 4.78 is 130. The number of fused-ring (bicyclic) bond motifs is 4. The molecule has 16 nitrogen and oxygen atoms in total. The molecule has 46 heavy (non-hydrogen) atoms. The Kier molecular flexibility index (Phi) is 5.95. The summed E-state index contributed by atoms with van der Waals surface area (Å²) in [5, 5.41) is 22.2. The lowest BCUT2D eigenvalue weighted by Gasteiger charge is -2.47. The zero-order valence-corrected chi connectivity index (χ0v) is 24.5. The molecular weight excluding hydrogens is 635 g/mol. The van der Waals surface area contributed by atoms with Crippen LogP contribution in [0.3, 0.4) is 0 Å². The van der Waals surface area contributed by atoms with E-state index in [4.69, 9.17) is 53.6 Å². The Balaban J connectivity index is 1.41. The highest BCUT2D eigenvalue weighted by Gasteiger charge is 2.56. The van der Waals surface area contributed by atoms with E-state index in [0.29, 0.717) is 0 Å². The Bertz CT molecular complexity index is 1820. The number of phosphoric acid groups is 1. The fraction of sp³-hybridized carbons (Fsp3) is 0.552. The summed E-state index contributed by atoms with van der Waals surface area (Å²) in [5.74, 6) is -8.42. The molecule has 0 unspecified atom stereocenters. The van der Waals surface area contributed by atoms with Gasteiger partial charge in [-0.05, 0) is 47.9 Å². The van der Waals surface area contributed by atoms with Crippen LogP contribution >= 0.6 is 7.82 Å². The number of phosphoric ester groups is 1. The van der Waals surface area contributed by atoms with Gasteiger partial charge < -0.3 is 57.4 Å². The monoisotopic (exact) mass is 676 g/mol. The van der Waals surface area contributed by atoms with Crippen LogP contribution in [0.1, 0.15) is 46.6 Å². The normalized spacial score (nSPS) is 38.8. The minimum atomic E-state index is -5.54. The highest BCUT2D eigenvalue weighted by molar-refractivity contribution is 7.46. The molecule has 17 heteroatoms. The molecule has 2 aromatic rings. The summed E-state index contributed by atoms with van der Waals surface area (Å²) in [7, 11) is -12.2. The van der Waals surface area contributed by atoms with Crippen molar-refractivity contribution in [3.8, 4) is 28.7 Å². The standard InChI is InChI=1S/C29H33O16P/c1-11-38-9-20-27(42-11)23(30)24(31)29(43-20)44-25-14-7-17-16(40-10-41-17)6-13(14)21(22-15(25)8-39-28(22)32)12-4-18(36-2)26(19(5-12)37-3)45-46(33,34)35/h4-7,11,15,20-25,27,29-31H,8-10H2,1-3H3,(H2,33,34,35)/t11-,15+,20-,21-,22+,23-,24-,25-,27-,29+/m1/s1/i2D3,3D3,8D2. The molecule has 10 atom stereocenters. The van der Waals surface area contributed by atoms with Gasteiger partial charge in [-0.1, -0.05) is 0 Å². The van der Waals surface area contributed by atoms with Gasteiger partial charge in [0.25, 0.3) is 0 Å². The summed E-state index contributed by atoms with van der Waals surface area (Å²) in [6.45, 7) is -1.53. The van der Waals surface area contributed by atoms with Gasteiger partial charge in [0, 0.05) is 11.8 Å². The lowest BCUT2D eigenvalue weighted by molar-refractivity contribution is -0.364. The number of benzene rings is 2. The zero-order valence-electron chi connectivity index (χ0n) is 31.6. The summed E-state index contributed by atoms with van der Waals surface area (Å²) >= 11 is 0. The predicted octanol–water partition coefficient (Wildman–Crippen LogP) is 1.10. The van der Waals surface area contributed by atoms with Crippen molar-refractivity contribution in [3.05, 3.63) is 41.0 Å². The Morgan fingerprint density at radius 2 is 1.67 bits per heavy atom. The molecule has 7 rings (SSSR count). The van der Waals surface area contributed by atoms with E-state index >= 15 is 0 Å². The molecule has 4 aliphatic heterocycles. The van der Waals surface area contributed by atoms with Crippen LogP contribution in [0.2, 0.25) is 0 Å². The lowest BCUT2D eigenvalue weighted by atomic mass is 9.66. The number of hydrogen-bond acceptors (Lipinski definition) is 14. The maximum atomic E-state index is 13.8. The van der Waals surface area contributed by atoms with E-state index in [-0.39, 0.29) is 41.6 Å². The molecule has 5 aliphatic rings. The van der Waals surface area contributed by atoms with Gasteiger partial charge in [-0.3, -0.25) is 14.6 Å². The van der Waals surface area contributed by atoms with E-state index in [9.17, 15) is 29.4 Å². The number of ether oxygens (including phenoxy) is 9. The van der Waals surface area contributed by atoms with E-state index in [1.165, 1.54) is 12.1 Å². The third kappa shape index (κ3) is 5.37. The average Bonchev–Trinajstić information content (AvgIpc) is 3.58. The van der Waals surface area contributed by atoms with Gasteiger partial charge in [0.1, 0.15) is 24.4 Å². The molecule has 0 bridgehead atoms. The molecule has 0 saturated carbocycles. The van der Waals surface area contributed by atoms with Crippen LogP contribution in [-0.4, -0.2) is 97.0 Å². The van der Waals surface area contributed by atoms with Crippen molar-refractivity contribution in [3.63, 3.8) is 0 Å². The van der Waals surface area contributed by atoms with Gasteiger partial charge >= 0.3 is 13.8 Å². The third-order valence-electron chi connectivity index (χ3n) is 8.46. The molecule has 0 amide bonds.